The molecule has 1 fully saturated rings. The summed E-state index contributed by atoms with van der Waals surface area (Å²) in [6.07, 6.45) is -3.67. The molecule has 0 saturated carbocycles. The molecule has 0 radical (unpaired) electrons. The van der Waals surface area contributed by atoms with Crippen molar-refractivity contribution in [3.63, 3.8) is 0 Å². The monoisotopic (exact) mass is 604 g/mol. The Morgan fingerprint density at radius 2 is 1.83 bits per heavy atom. The Bertz CT molecular complexity index is 1620. The van der Waals surface area contributed by atoms with Gasteiger partial charge in [0.15, 0.2) is 17.0 Å². The molecule has 42 heavy (non-hydrogen) atoms. The lowest BCUT2D eigenvalue weighted by atomic mass is 10.2. The number of aromatic nitrogens is 5. The standard InChI is InChI=1S/C26H27F3N8O4S/c1-4-41-25(40)35-9-7-34(8-10-35)24(39)16(3)36-14-19(15(2)32-36)31-23(38)18-13-22-30-17(20-6-5-11-42-20)12-21(26(27,28)29)37(22)33-18/h5-6,11-14,16H,4,7-10H2,1-3H3,(H,31,38). The van der Waals surface area contributed by atoms with E-state index in [1.807, 2.05) is 0 Å². The van der Waals surface area contributed by atoms with Crippen LogP contribution in [0.3, 0.4) is 0 Å². The van der Waals surface area contributed by atoms with E-state index < -0.39 is 29.9 Å². The molecule has 5 rings (SSSR count). The first kappa shape index (κ1) is 29.0. The first-order valence-corrected chi connectivity index (χ1v) is 13.9. The number of amides is 3. The van der Waals surface area contributed by atoms with Crippen molar-refractivity contribution in [3.05, 3.63) is 52.9 Å². The van der Waals surface area contributed by atoms with Crippen molar-refractivity contribution >= 4 is 40.6 Å². The number of anilines is 1. The van der Waals surface area contributed by atoms with Crippen molar-refractivity contribution in [2.75, 3.05) is 38.1 Å². The number of thiophene rings is 1. The average Bonchev–Trinajstić information content (AvgIpc) is 3.72. The van der Waals surface area contributed by atoms with Crippen molar-refractivity contribution in [2.24, 2.45) is 0 Å². The molecule has 0 bridgehead atoms. The van der Waals surface area contributed by atoms with Crippen molar-refractivity contribution < 1.29 is 32.3 Å². The highest BCUT2D eigenvalue weighted by Crippen LogP contribution is 2.33. The lowest BCUT2D eigenvalue weighted by Gasteiger charge is -2.35. The van der Waals surface area contributed by atoms with Crippen molar-refractivity contribution in [3.8, 4) is 10.6 Å². The quantitative estimate of drug-likeness (QED) is 0.351. The number of fused-ring (bicyclic) bond motifs is 1. The van der Waals surface area contributed by atoms with E-state index in [-0.39, 0.29) is 35.2 Å². The zero-order valence-corrected chi connectivity index (χ0v) is 23.7. The first-order chi connectivity index (χ1) is 20.0. The van der Waals surface area contributed by atoms with E-state index in [1.54, 1.807) is 48.1 Å². The Morgan fingerprint density at radius 1 is 1.12 bits per heavy atom. The van der Waals surface area contributed by atoms with Gasteiger partial charge in [-0.25, -0.2) is 14.3 Å². The van der Waals surface area contributed by atoms with Crippen molar-refractivity contribution in [2.45, 2.75) is 33.0 Å². The van der Waals surface area contributed by atoms with Crippen molar-refractivity contribution in [1.82, 2.24) is 34.2 Å². The van der Waals surface area contributed by atoms with E-state index in [0.717, 1.165) is 6.07 Å². The predicted octanol–water partition coefficient (Wildman–Crippen LogP) is 4.10. The summed E-state index contributed by atoms with van der Waals surface area (Å²) >= 11 is 1.24. The molecule has 16 heteroatoms. The third-order valence-electron chi connectivity index (χ3n) is 6.76. The molecule has 5 heterocycles. The summed E-state index contributed by atoms with van der Waals surface area (Å²) < 4.78 is 48.6. The maximum absolute atomic E-state index is 13.9. The predicted molar refractivity (Wildman–Crippen MR) is 146 cm³/mol. The highest BCUT2D eigenvalue weighted by Gasteiger charge is 2.36. The summed E-state index contributed by atoms with van der Waals surface area (Å²) in [7, 11) is 0. The third-order valence-corrected chi connectivity index (χ3v) is 7.65. The smallest absolute Gasteiger partial charge is 0.433 e. The summed E-state index contributed by atoms with van der Waals surface area (Å²) in [4.78, 5) is 46.1. The molecular weight excluding hydrogens is 577 g/mol. The van der Waals surface area contributed by atoms with E-state index in [0.29, 0.717) is 41.3 Å². The number of halogens is 3. The average molecular weight is 605 g/mol. The zero-order valence-electron chi connectivity index (χ0n) is 22.9. The van der Waals surface area contributed by atoms with E-state index in [2.05, 4.69) is 20.5 Å². The topological polar surface area (TPSA) is 127 Å². The Hall–Kier alpha value is -4.47. The van der Waals surface area contributed by atoms with Gasteiger partial charge >= 0.3 is 12.3 Å². The van der Waals surface area contributed by atoms with Gasteiger partial charge in [0.25, 0.3) is 5.91 Å². The second kappa shape index (κ2) is 11.4. The van der Waals surface area contributed by atoms with Crippen LogP contribution < -0.4 is 5.32 Å². The lowest BCUT2D eigenvalue weighted by Crippen LogP contribution is -2.52. The number of carbonyl (C=O) groups excluding carboxylic acids is 3. The number of hydrogen-bond acceptors (Lipinski definition) is 8. The maximum atomic E-state index is 13.9. The third kappa shape index (κ3) is 5.79. The SMILES string of the molecule is CCOC(=O)N1CCN(C(=O)C(C)n2cc(NC(=O)c3cc4nc(-c5cccs5)cc(C(F)(F)F)n4n3)c(C)n2)CC1. The Kier molecular flexibility index (Phi) is 7.90. The van der Waals surface area contributed by atoms with Crippen molar-refractivity contribution in [1.29, 1.82) is 0 Å². The fourth-order valence-corrected chi connectivity index (χ4v) is 5.21. The molecule has 0 aromatic carbocycles. The van der Waals surface area contributed by atoms with Crippen LogP contribution in [0.1, 0.15) is 41.8 Å². The molecule has 4 aromatic heterocycles. The number of hydrogen-bond donors (Lipinski definition) is 1. The molecule has 1 N–H and O–H groups in total. The molecule has 4 aromatic rings. The molecule has 1 unspecified atom stereocenters. The van der Waals surface area contributed by atoms with Crippen LogP contribution in [0.15, 0.2) is 35.8 Å². The Balaban J connectivity index is 1.31. The summed E-state index contributed by atoms with van der Waals surface area (Å²) in [5.74, 6) is -0.977. The van der Waals surface area contributed by atoms with Gasteiger partial charge in [-0.2, -0.15) is 23.4 Å². The number of rotatable bonds is 6. The molecule has 0 spiro atoms. The van der Waals surface area contributed by atoms with Gasteiger partial charge in [-0.3, -0.25) is 14.3 Å². The number of carbonyl (C=O) groups is 3. The van der Waals surface area contributed by atoms with Crippen LogP contribution in [0.2, 0.25) is 0 Å². The summed E-state index contributed by atoms with van der Waals surface area (Å²) in [6.45, 7) is 6.64. The normalized spacial score (nSPS) is 14.7. The zero-order chi connectivity index (χ0) is 30.2. The molecular formula is C26H27F3N8O4S. The Labute approximate surface area is 241 Å². The van der Waals surface area contributed by atoms with Gasteiger partial charge < -0.3 is 19.9 Å². The van der Waals surface area contributed by atoms with Gasteiger partial charge in [0.2, 0.25) is 5.91 Å². The fourth-order valence-electron chi connectivity index (χ4n) is 4.53. The van der Waals surface area contributed by atoms with E-state index >= 15 is 0 Å². The van der Waals surface area contributed by atoms with Gasteiger partial charge in [-0.1, -0.05) is 6.07 Å². The molecule has 1 aliphatic rings. The largest absolute Gasteiger partial charge is 0.450 e. The molecule has 12 nitrogen and oxygen atoms in total. The number of aryl methyl sites for hydroxylation is 1. The highest BCUT2D eigenvalue weighted by molar-refractivity contribution is 7.13. The molecule has 1 aliphatic heterocycles. The highest BCUT2D eigenvalue weighted by atomic mass is 32.1. The van der Waals surface area contributed by atoms with Crippen LogP contribution in [0.5, 0.6) is 0 Å². The summed E-state index contributed by atoms with van der Waals surface area (Å²) in [5, 5.41) is 12.6. The molecule has 1 atom stereocenters. The lowest BCUT2D eigenvalue weighted by molar-refractivity contribution is -0.142. The number of nitrogens with one attached hydrogen (secondary N) is 1. The van der Waals surface area contributed by atoms with Gasteiger partial charge in [0.1, 0.15) is 6.04 Å². The van der Waals surface area contributed by atoms with E-state index in [9.17, 15) is 27.6 Å². The van der Waals surface area contributed by atoms with Gasteiger partial charge in [-0.05, 0) is 38.3 Å². The van der Waals surface area contributed by atoms with Crippen LogP contribution in [0.25, 0.3) is 16.2 Å². The summed E-state index contributed by atoms with van der Waals surface area (Å²) in [5.41, 5.74) is -0.677. The molecule has 1 saturated heterocycles. The minimum absolute atomic E-state index is 0.120. The Morgan fingerprint density at radius 3 is 2.48 bits per heavy atom. The summed E-state index contributed by atoms with van der Waals surface area (Å²) in [6, 6.07) is 4.73. The minimum Gasteiger partial charge on any atom is -0.450 e. The number of piperazine rings is 1. The maximum Gasteiger partial charge on any atom is 0.433 e. The number of nitrogens with zero attached hydrogens (tertiary/aromatic N) is 7. The van der Waals surface area contributed by atoms with Crippen LogP contribution >= 0.6 is 11.3 Å². The molecule has 3 amide bonds. The minimum atomic E-state index is -4.74. The number of ether oxygens (including phenoxy) is 1. The van der Waals surface area contributed by atoms with Crippen LogP contribution in [-0.2, 0) is 15.7 Å². The van der Waals surface area contributed by atoms with Crippen LogP contribution in [-0.4, -0.2) is 84.9 Å². The van der Waals surface area contributed by atoms with Gasteiger partial charge in [0.05, 0.1) is 28.6 Å². The van der Waals surface area contributed by atoms with Crippen LogP contribution in [0.4, 0.5) is 23.7 Å². The fraction of sp³-hybridized carbons (Fsp3) is 0.385. The first-order valence-electron chi connectivity index (χ1n) is 13.1. The second-order valence-corrected chi connectivity index (χ2v) is 10.5. The van der Waals surface area contributed by atoms with Gasteiger partial charge in [0, 0.05) is 38.4 Å². The molecule has 0 aliphatic carbocycles. The van der Waals surface area contributed by atoms with Crippen LogP contribution in [0, 0.1) is 6.92 Å². The van der Waals surface area contributed by atoms with Gasteiger partial charge in [-0.15, -0.1) is 11.3 Å². The van der Waals surface area contributed by atoms with E-state index in [1.165, 1.54) is 28.3 Å². The molecule has 222 valence electrons. The van der Waals surface area contributed by atoms with E-state index in [4.69, 9.17) is 4.74 Å². The second-order valence-electron chi connectivity index (χ2n) is 9.55. The number of alkyl halides is 3.